The van der Waals surface area contributed by atoms with Crippen molar-refractivity contribution in [1.29, 1.82) is 10.5 Å². The molecule has 0 fully saturated rings. The van der Waals surface area contributed by atoms with Crippen molar-refractivity contribution in [3.63, 3.8) is 0 Å². The van der Waals surface area contributed by atoms with E-state index in [1.165, 1.54) is 12.1 Å². The Kier molecular flexibility index (Phi) is 10.5. The number of amides is 1. The normalized spacial score (nSPS) is 13.1. The van der Waals surface area contributed by atoms with Gasteiger partial charge in [0.15, 0.2) is 0 Å². The number of rotatable bonds is 9. The first-order valence-electron chi connectivity index (χ1n) is 11.9. The third-order valence-electron chi connectivity index (χ3n) is 6.03. The first-order chi connectivity index (χ1) is 20.0. The molecule has 7 nitrogen and oxygen atoms in total. The monoisotopic (exact) mass is 649 g/mol. The summed E-state index contributed by atoms with van der Waals surface area (Å²) in [6, 6.07) is 5.37. The molecule has 1 unspecified atom stereocenters. The van der Waals surface area contributed by atoms with E-state index in [4.69, 9.17) is 10.5 Å². The molecule has 0 heterocycles. The zero-order chi connectivity index (χ0) is 33.8. The standard InChI is InChI=1S/C25H19F12N5O2/c1-14(42(13-23(29,30)31)18-5-3-16(11-39)20(9-18)25(35,36)37)41(21(43)44)7-6-40(12-22(26,27)28)17-4-2-15(10-38)19(8-17)24(32,33)34/h2-5,8-9,14H,6-7,12-13H2,1H3,(H,43,44). The minimum absolute atomic E-state index is 0.148. The van der Waals surface area contributed by atoms with Crippen LogP contribution in [0.1, 0.15) is 29.2 Å². The zero-order valence-electron chi connectivity index (χ0n) is 22.0. The highest BCUT2D eigenvalue weighted by atomic mass is 19.4. The van der Waals surface area contributed by atoms with Crippen LogP contribution in [0.5, 0.6) is 0 Å². The van der Waals surface area contributed by atoms with Gasteiger partial charge in [-0.25, -0.2) is 4.79 Å². The zero-order valence-corrected chi connectivity index (χ0v) is 22.0. The number of hydrogen-bond donors (Lipinski definition) is 1. The Labute approximate surface area is 240 Å². The fraction of sp³-hybridized carbons (Fsp3) is 0.400. The highest BCUT2D eigenvalue weighted by molar-refractivity contribution is 5.67. The topological polar surface area (TPSA) is 94.6 Å². The van der Waals surface area contributed by atoms with Crippen molar-refractivity contribution < 1.29 is 62.6 Å². The quantitative estimate of drug-likeness (QED) is 0.228. The van der Waals surface area contributed by atoms with E-state index >= 15 is 0 Å². The van der Waals surface area contributed by atoms with E-state index in [-0.39, 0.29) is 26.8 Å². The molecule has 1 amide bonds. The number of carbonyl (C=O) groups is 1. The minimum Gasteiger partial charge on any atom is -0.465 e. The van der Waals surface area contributed by atoms with Gasteiger partial charge in [0.05, 0.1) is 34.4 Å². The highest BCUT2D eigenvalue weighted by Crippen LogP contribution is 2.37. The molecule has 19 heteroatoms. The number of nitriles is 2. The molecule has 0 aliphatic heterocycles. The number of nitrogens with zero attached hydrogens (tertiary/aromatic N) is 5. The Morgan fingerprint density at radius 2 is 1.18 bits per heavy atom. The lowest BCUT2D eigenvalue weighted by Crippen LogP contribution is -2.54. The molecule has 1 N–H and O–H groups in total. The second-order valence-electron chi connectivity index (χ2n) is 9.07. The second kappa shape index (κ2) is 13.0. The van der Waals surface area contributed by atoms with Crippen molar-refractivity contribution in [2.45, 2.75) is 37.8 Å². The van der Waals surface area contributed by atoms with Crippen LogP contribution in [0.2, 0.25) is 0 Å². The summed E-state index contributed by atoms with van der Waals surface area (Å²) < 4.78 is 161. The van der Waals surface area contributed by atoms with Crippen molar-refractivity contribution in [2.24, 2.45) is 0 Å². The van der Waals surface area contributed by atoms with Gasteiger partial charge in [-0.05, 0) is 43.3 Å². The third kappa shape index (κ3) is 9.48. The maximum Gasteiger partial charge on any atom is 0.417 e. The highest BCUT2D eigenvalue weighted by Gasteiger charge is 2.40. The molecule has 0 aromatic heterocycles. The summed E-state index contributed by atoms with van der Waals surface area (Å²) in [5.74, 6) is 0. The van der Waals surface area contributed by atoms with E-state index in [0.29, 0.717) is 18.2 Å². The molecule has 240 valence electrons. The summed E-state index contributed by atoms with van der Waals surface area (Å²) in [7, 11) is 0. The SMILES string of the molecule is CC(N(CCN(CC(F)(F)F)c1ccc(C#N)c(C(F)(F)F)c1)C(=O)O)N(CC(F)(F)F)c1ccc(C#N)c(C(F)(F)F)c1. The summed E-state index contributed by atoms with van der Waals surface area (Å²) in [6.07, 6.45) is -24.7. The molecule has 0 aliphatic carbocycles. The molecule has 2 rings (SSSR count). The number of benzene rings is 2. The van der Waals surface area contributed by atoms with Gasteiger partial charge in [0.2, 0.25) is 0 Å². The lowest BCUT2D eigenvalue weighted by molar-refractivity contribution is -0.138. The maximum absolute atomic E-state index is 13.5. The molecular weight excluding hydrogens is 630 g/mol. The number of carboxylic acid groups (broad SMARTS) is 1. The molecule has 0 bridgehead atoms. The fourth-order valence-electron chi connectivity index (χ4n) is 4.09. The molecule has 0 aliphatic rings. The fourth-order valence-corrected chi connectivity index (χ4v) is 4.09. The van der Waals surface area contributed by atoms with E-state index in [9.17, 15) is 62.6 Å². The van der Waals surface area contributed by atoms with Gasteiger partial charge < -0.3 is 14.9 Å². The van der Waals surface area contributed by atoms with Crippen LogP contribution in [0.4, 0.5) is 68.9 Å². The lowest BCUT2D eigenvalue weighted by Gasteiger charge is -2.39. The van der Waals surface area contributed by atoms with Gasteiger partial charge in [0, 0.05) is 24.5 Å². The van der Waals surface area contributed by atoms with Crippen LogP contribution >= 0.6 is 0 Å². The average Bonchev–Trinajstić information content (AvgIpc) is 2.88. The molecule has 0 radical (unpaired) electrons. The van der Waals surface area contributed by atoms with Gasteiger partial charge in [-0.2, -0.15) is 63.2 Å². The number of anilines is 2. The van der Waals surface area contributed by atoms with Crippen molar-refractivity contribution in [3.05, 3.63) is 58.7 Å². The van der Waals surface area contributed by atoms with E-state index < -0.39 is 96.8 Å². The first kappa shape index (κ1) is 35.6. The number of halogens is 12. The Morgan fingerprint density at radius 1 is 0.750 bits per heavy atom. The van der Waals surface area contributed by atoms with Gasteiger partial charge in [-0.3, -0.25) is 4.90 Å². The van der Waals surface area contributed by atoms with E-state index in [1.807, 2.05) is 0 Å². The predicted octanol–water partition coefficient (Wildman–Crippen LogP) is 7.23. The Balaban J connectivity index is 2.56. The van der Waals surface area contributed by atoms with Gasteiger partial charge in [-0.1, -0.05) is 0 Å². The largest absolute Gasteiger partial charge is 0.465 e. The van der Waals surface area contributed by atoms with Gasteiger partial charge in [0.25, 0.3) is 0 Å². The Hall–Kier alpha value is -4.55. The predicted molar refractivity (Wildman–Crippen MR) is 128 cm³/mol. The molecular formula is C25H19F12N5O2. The van der Waals surface area contributed by atoms with Crippen LogP contribution in [0.3, 0.4) is 0 Å². The van der Waals surface area contributed by atoms with Crippen LogP contribution in [0.15, 0.2) is 36.4 Å². The Bertz CT molecular complexity index is 1420. The molecule has 0 spiro atoms. The molecule has 2 aromatic rings. The molecule has 44 heavy (non-hydrogen) atoms. The van der Waals surface area contributed by atoms with Crippen LogP contribution in [0, 0.1) is 22.7 Å². The van der Waals surface area contributed by atoms with Crippen LogP contribution in [-0.4, -0.2) is 60.8 Å². The lowest BCUT2D eigenvalue weighted by atomic mass is 10.1. The summed E-state index contributed by atoms with van der Waals surface area (Å²) in [6.45, 7) is -5.33. The van der Waals surface area contributed by atoms with Crippen molar-refractivity contribution in [1.82, 2.24) is 4.90 Å². The van der Waals surface area contributed by atoms with Gasteiger partial charge in [-0.15, -0.1) is 0 Å². The Morgan fingerprint density at radius 3 is 1.57 bits per heavy atom. The average molecular weight is 649 g/mol. The van der Waals surface area contributed by atoms with E-state index in [0.717, 1.165) is 13.0 Å². The van der Waals surface area contributed by atoms with Crippen LogP contribution in [-0.2, 0) is 12.4 Å². The second-order valence-corrected chi connectivity index (χ2v) is 9.07. The number of hydrogen-bond acceptors (Lipinski definition) is 5. The maximum atomic E-state index is 13.5. The first-order valence-corrected chi connectivity index (χ1v) is 11.9. The van der Waals surface area contributed by atoms with Crippen molar-refractivity contribution in [2.75, 3.05) is 36.0 Å². The number of alkyl halides is 12. The van der Waals surface area contributed by atoms with Crippen LogP contribution < -0.4 is 9.80 Å². The minimum atomic E-state index is -5.21. The summed E-state index contributed by atoms with van der Waals surface area (Å²) in [4.78, 5) is 12.6. The van der Waals surface area contributed by atoms with Gasteiger partial charge in [0.1, 0.15) is 19.3 Å². The summed E-state index contributed by atoms with van der Waals surface area (Å²) >= 11 is 0. The molecule has 2 aromatic carbocycles. The third-order valence-corrected chi connectivity index (χ3v) is 6.03. The van der Waals surface area contributed by atoms with Gasteiger partial charge >= 0.3 is 30.8 Å². The van der Waals surface area contributed by atoms with Crippen molar-refractivity contribution >= 4 is 17.5 Å². The molecule has 0 saturated carbocycles. The van der Waals surface area contributed by atoms with Crippen molar-refractivity contribution in [3.8, 4) is 12.1 Å². The summed E-state index contributed by atoms with van der Waals surface area (Å²) in [5, 5.41) is 27.6. The van der Waals surface area contributed by atoms with E-state index in [2.05, 4.69) is 0 Å². The smallest absolute Gasteiger partial charge is 0.417 e. The molecule has 1 atom stereocenters. The molecule has 0 saturated heterocycles. The van der Waals surface area contributed by atoms with Crippen LogP contribution in [0.25, 0.3) is 0 Å². The van der Waals surface area contributed by atoms with E-state index in [1.54, 1.807) is 0 Å². The summed E-state index contributed by atoms with van der Waals surface area (Å²) in [5.41, 5.74) is -6.75.